The summed E-state index contributed by atoms with van der Waals surface area (Å²) in [6.07, 6.45) is 0.891. The van der Waals surface area contributed by atoms with E-state index in [1.807, 2.05) is 12.1 Å². The van der Waals surface area contributed by atoms with Crippen LogP contribution in [0.4, 0.5) is 10.1 Å². The predicted octanol–water partition coefficient (Wildman–Crippen LogP) is 5.28. The van der Waals surface area contributed by atoms with E-state index in [4.69, 9.17) is 11.6 Å². The van der Waals surface area contributed by atoms with Crippen molar-refractivity contribution in [1.82, 2.24) is 0 Å². The average Bonchev–Trinajstić information content (AvgIpc) is 2.37. The summed E-state index contributed by atoms with van der Waals surface area (Å²) >= 11 is 9.17. The van der Waals surface area contributed by atoms with Gasteiger partial charge in [-0.1, -0.05) is 39.7 Å². The van der Waals surface area contributed by atoms with E-state index in [0.29, 0.717) is 0 Å². The second kappa shape index (κ2) is 6.40. The van der Waals surface area contributed by atoms with Crippen LogP contribution < -0.4 is 5.32 Å². The summed E-state index contributed by atoms with van der Waals surface area (Å²) in [6, 6.07) is 13.1. The van der Waals surface area contributed by atoms with Gasteiger partial charge >= 0.3 is 0 Å². The lowest BCUT2D eigenvalue weighted by atomic mass is 10.1. The lowest BCUT2D eigenvalue weighted by Gasteiger charge is -2.15. The van der Waals surface area contributed by atoms with Crippen molar-refractivity contribution in [2.24, 2.45) is 0 Å². The van der Waals surface area contributed by atoms with Crippen LogP contribution in [-0.4, -0.2) is 6.04 Å². The molecule has 2 rings (SSSR count). The van der Waals surface area contributed by atoms with Crippen LogP contribution in [0, 0.1) is 5.82 Å². The SMILES string of the molecule is CC(Cc1ccc(Br)cc1)Nc1ccc(F)c(Cl)c1. The smallest absolute Gasteiger partial charge is 0.141 e. The number of benzene rings is 2. The molecular weight excluding hydrogens is 329 g/mol. The molecule has 1 N–H and O–H groups in total. The maximum atomic E-state index is 13.1. The number of hydrogen-bond acceptors (Lipinski definition) is 1. The second-order valence-corrected chi connectivity index (χ2v) is 5.83. The Balaban J connectivity index is 1.98. The highest BCUT2D eigenvalue weighted by molar-refractivity contribution is 9.10. The first-order valence-electron chi connectivity index (χ1n) is 6.00. The fourth-order valence-corrected chi connectivity index (χ4v) is 2.34. The molecular formula is C15H14BrClFN. The quantitative estimate of drug-likeness (QED) is 0.796. The number of halogens is 3. The van der Waals surface area contributed by atoms with Crippen LogP contribution in [0.15, 0.2) is 46.9 Å². The third-order valence-corrected chi connectivity index (χ3v) is 3.61. The normalized spacial score (nSPS) is 12.2. The summed E-state index contributed by atoms with van der Waals surface area (Å²) in [4.78, 5) is 0. The fourth-order valence-electron chi connectivity index (χ4n) is 1.90. The zero-order chi connectivity index (χ0) is 13.8. The number of nitrogens with one attached hydrogen (secondary N) is 1. The minimum absolute atomic E-state index is 0.140. The molecule has 0 saturated carbocycles. The lowest BCUT2D eigenvalue weighted by Crippen LogP contribution is -2.18. The Labute approximate surface area is 125 Å². The number of hydrogen-bond donors (Lipinski definition) is 1. The molecule has 0 spiro atoms. The molecule has 1 nitrogen and oxygen atoms in total. The van der Waals surface area contributed by atoms with Crippen LogP contribution in [-0.2, 0) is 6.42 Å². The maximum absolute atomic E-state index is 13.1. The molecule has 0 heterocycles. The van der Waals surface area contributed by atoms with E-state index >= 15 is 0 Å². The molecule has 100 valence electrons. The molecule has 1 unspecified atom stereocenters. The zero-order valence-corrected chi connectivity index (χ0v) is 12.8. The first kappa shape index (κ1) is 14.4. The summed E-state index contributed by atoms with van der Waals surface area (Å²) in [6.45, 7) is 2.08. The van der Waals surface area contributed by atoms with Crippen molar-refractivity contribution in [3.8, 4) is 0 Å². The Morgan fingerprint density at radius 1 is 1.21 bits per heavy atom. The number of anilines is 1. The highest BCUT2D eigenvalue weighted by Crippen LogP contribution is 2.20. The van der Waals surface area contributed by atoms with E-state index in [2.05, 4.69) is 40.3 Å². The summed E-state index contributed by atoms with van der Waals surface area (Å²) in [5.74, 6) is -0.396. The van der Waals surface area contributed by atoms with Gasteiger partial charge in [0.05, 0.1) is 5.02 Å². The van der Waals surface area contributed by atoms with Gasteiger partial charge in [-0.15, -0.1) is 0 Å². The van der Waals surface area contributed by atoms with Crippen molar-refractivity contribution in [3.63, 3.8) is 0 Å². The second-order valence-electron chi connectivity index (χ2n) is 4.50. The molecule has 0 fully saturated rings. The maximum Gasteiger partial charge on any atom is 0.141 e. The molecule has 0 bridgehead atoms. The largest absolute Gasteiger partial charge is 0.382 e. The minimum Gasteiger partial charge on any atom is -0.382 e. The molecule has 4 heteroatoms. The summed E-state index contributed by atoms with van der Waals surface area (Å²) < 4.78 is 14.1. The summed E-state index contributed by atoms with van der Waals surface area (Å²) in [5, 5.41) is 3.45. The molecule has 19 heavy (non-hydrogen) atoms. The number of rotatable bonds is 4. The Morgan fingerprint density at radius 3 is 2.53 bits per heavy atom. The molecule has 0 amide bonds. The van der Waals surface area contributed by atoms with Crippen molar-refractivity contribution in [2.75, 3.05) is 5.32 Å². The van der Waals surface area contributed by atoms with Crippen LogP contribution in [0.2, 0.25) is 5.02 Å². The predicted molar refractivity (Wildman–Crippen MR) is 82.3 cm³/mol. The van der Waals surface area contributed by atoms with Crippen LogP contribution in [0.1, 0.15) is 12.5 Å². The Kier molecular flexibility index (Phi) is 4.83. The van der Waals surface area contributed by atoms with Crippen LogP contribution in [0.5, 0.6) is 0 Å². The fraction of sp³-hybridized carbons (Fsp3) is 0.200. The Morgan fingerprint density at radius 2 is 1.89 bits per heavy atom. The van der Waals surface area contributed by atoms with Gasteiger partial charge in [0.1, 0.15) is 5.82 Å². The van der Waals surface area contributed by atoms with E-state index in [-0.39, 0.29) is 11.1 Å². The third kappa shape index (κ3) is 4.22. The van der Waals surface area contributed by atoms with Crippen molar-refractivity contribution >= 4 is 33.2 Å². The van der Waals surface area contributed by atoms with Gasteiger partial charge in [-0.2, -0.15) is 0 Å². The van der Waals surface area contributed by atoms with Crippen molar-refractivity contribution in [1.29, 1.82) is 0 Å². The zero-order valence-electron chi connectivity index (χ0n) is 10.5. The van der Waals surface area contributed by atoms with Gasteiger partial charge in [0.25, 0.3) is 0 Å². The molecule has 2 aromatic carbocycles. The van der Waals surface area contributed by atoms with Crippen molar-refractivity contribution in [3.05, 3.63) is 63.3 Å². The molecule has 0 aliphatic carbocycles. The van der Waals surface area contributed by atoms with Crippen LogP contribution >= 0.6 is 27.5 Å². The first-order valence-corrected chi connectivity index (χ1v) is 7.18. The van der Waals surface area contributed by atoms with E-state index in [1.165, 1.54) is 11.6 Å². The monoisotopic (exact) mass is 341 g/mol. The first-order chi connectivity index (χ1) is 9.04. The topological polar surface area (TPSA) is 12.0 Å². The average molecular weight is 343 g/mol. The van der Waals surface area contributed by atoms with E-state index in [0.717, 1.165) is 16.6 Å². The minimum atomic E-state index is -0.396. The van der Waals surface area contributed by atoms with Crippen LogP contribution in [0.25, 0.3) is 0 Å². The molecule has 0 aliphatic heterocycles. The van der Waals surface area contributed by atoms with E-state index in [1.54, 1.807) is 12.1 Å². The van der Waals surface area contributed by atoms with Gasteiger partial charge < -0.3 is 5.32 Å². The van der Waals surface area contributed by atoms with Crippen molar-refractivity contribution in [2.45, 2.75) is 19.4 Å². The van der Waals surface area contributed by atoms with Gasteiger partial charge in [0, 0.05) is 16.2 Å². The highest BCUT2D eigenvalue weighted by Gasteiger charge is 2.06. The molecule has 1 atom stereocenters. The molecule has 0 radical (unpaired) electrons. The van der Waals surface area contributed by atoms with Gasteiger partial charge in [0.2, 0.25) is 0 Å². The Hall–Kier alpha value is -1.06. The van der Waals surface area contributed by atoms with Gasteiger partial charge in [-0.3, -0.25) is 0 Å². The van der Waals surface area contributed by atoms with Crippen molar-refractivity contribution < 1.29 is 4.39 Å². The Bertz CT molecular complexity index is 557. The standard InChI is InChI=1S/C15H14BrClFN/c1-10(8-11-2-4-12(16)5-3-11)19-13-6-7-15(18)14(17)9-13/h2-7,9-10,19H,8H2,1H3. The third-order valence-electron chi connectivity index (χ3n) is 2.79. The van der Waals surface area contributed by atoms with Gasteiger partial charge in [0.15, 0.2) is 0 Å². The van der Waals surface area contributed by atoms with E-state index in [9.17, 15) is 4.39 Å². The van der Waals surface area contributed by atoms with Gasteiger partial charge in [-0.25, -0.2) is 4.39 Å². The molecule has 0 saturated heterocycles. The van der Waals surface area contributed by atoms with Crippen LogP contribution in [0.3, 0.4) is 0 Å². The highest BCUT2D eigenvalue weighted by atomic mass is 79.9. The summed E-state index contributed by atoms with van der Waals surface area (Å²) in [5.41, 5.74) is 2.08. The van der Waals surface area contributed by atoms with Gasteiger partial charge in [-0.05, 0) is 49.2 Å². The summed E-state index contributed by atoms with van der Waals surface area (Å²) in [7, 11) is 0. The lowest BCUT2D eigenvalue weighted by molar-refractivity contribution is 0.628. The van der Waals surface area contributed by atoms with E-state index < -0.39 is 5.82 Å². The molecule has 0 aromatic heterocycles. The molecule has 0 aliphatic rings. The molecule has 2 aromatic rings.